The molecule has 0 heterocycles. The number of aliphatic hydroxyl groups is 1. The third kappa shape index (κ3) is 80.7. The summed E-state index contributed by atoms with van der Waals surface area (Å²) < 4.78 is 4.05. The van der Waals surface area contributed by atoms with Crippen LogP contribution in [0.1, 0.15) is 80.2 Å². The second-order valence-corrected chi connectivity index (χ2v) is 1.52. The van der Waals surface area contributed by atoms with Crippen molar-refractivity contribution >= 4 is 11.8 Å². The zero-order valence-corrected chi connectivity index (χ0v) is 5.09. The summed E-state index contributed by atoms with van der Waals surface area (Å²) in [5.41, 5.74) is 0. The highest BCUT2D eigenvalue weighted by Gasteiger charge is 2.03. The van der Waals surface area contributed by atoms with Gasteiger partial charge in [0, 0.05) is 0 Å². The molecule has 0 aromatic carbocycles. The molecular weight excluding hydrogens is 232 g/mol. The number of esters is 1. The smallest absolute Gasteiger partial charge is 0.315 e. The van der Waals surface area contributed by atoms with Crippen molar-refractivity contribution in [3.8, 4) is 0 Å². The predicted molar refractivity (Wildman–Crippen MR) is 89.1 cm³/mol. The molecule has 0 saturated carbocycles. The van der Waals surface area contributed by atoms with E-state index >= 15 is 0 Å². The summed E-state index contributed by atoms with van der Waals surface area (Å²) in [5, 5.41) is 8.00. The Bertz CT molecular complexity index is 123. The highest BCUT2D eigenvalue weighted by atomic mass is 16.6. The lowest BCUT2D eigenvalue weighted by Gasteiger charge is -1.95. The zero-order chi connectivity index (χ0) is 7.28. The fourth-order valence-corrected chi connectivity index (χ4v) is 0.326. The van der Waals surface area contributed by atoms with Crippen molar-refractivity contribution in [1.82, 2.24) is 0 Å². The molecule has 0 rings (SSSR count). The first kappa shape index (κ1) is 87.9. The molecule has 0 spiro atoms. The van der Waals surface area contributed by atoms with Crippen molar-refractivity contribution in [2.24, 2.45) is 0 Å². The minimum absolute atomic E-state index is 0. The first-order valence-electron chi connectivity index (χ1n) is 2.42. The average molecular weight is 277 g/mol. The number of Topliss-reactive ketones (excluding diaryl/α,β-unsaturated/α-hetero) is 1. The summed E-state index contributed by atoms with van der Waals surface area (Å²) in [6.45, 7) is 0.616. The van der Waals surface area contributed by atoms with Crippen LogP contribution in [0.2, 0.25) is 0 Å². The van der Waals surface area contributed by atoms with Gasteiger partial charge in [-0.05, 0) is 6.92 Å². The monoisotopic (exact) mass is 276 g/mol. The van der Waals surface area contributed by atoms with E-state index in [9.17, 15) is 9.59 Å². The molecule has 18 heavy (non-hydrogen) atoms. The molecule has 124 valence electrons. The maximum absolute atomic E-state index is 10.3. The normalized spacial score (nSPS) is 4.33. The van der Waals surface area contributed by atoms with E-state index in [4.69, 9.17) is 5.11 Å². The summed E-state index contributed by atoms with van der Waals surface area (Å²) >= 11 is 0. The van der Waals surface area contributed by atoms with Crippen molar-refractivity contribution in [2.75, 3.05) is 6.79 Å². The van der Waals surface area contributed by atoms with E-state index in [1.165, 1.54) is 6.92 Å². The molecule has 0 aliphatic rings. The molecule has 0 aromatic heterocycles. The van der Waals surface area contributed by atoms with Crippen molar-refractivity contribution in [3.05, 3.63) is 0 Å². The van der Waals surface area contributed by atoms with Crippen LogP contribution in [0.15, 0.2) is 0 Å². The van der Waals surface area contributed by atoms with Crippen molar-refractivity contribution in [2.45, 2.75) is 80.2 Å². The predicted octanol–water partition coefficient (Wildman–Crippen LogP) is 5.18. The molecule has 4 heteroatoms. The van der Waals surface area contributed by atoms with Crippen LogP contribution in [0.4, 0.5) is 0 Å². The molecule has 0 aliphatic carbocycles. The molecule has 0 radical (unpaired) electrons. The number of hydrogen-bond donors (Lipinski definition) is 1. The summed E-state index contributed by atoms with van der Waals surface area (Å²) in [6.07, 6.45) is -0.263. The van der Waals surface area contributed by atoms with Gasteiger partial charge in [-0.2, -0.15) is 0 Å². The van der Waals surface area contributed by atoms with E-state index in [2.05, 4.69) is 4.74 Å². The minimum atomic E-state index is -0.690. The van der Waals surface area contributed by atoms with Gasteiger partial charge < -0.3 is 9.84 Å². The largest absolute Gasteiger partial charge is 0.438 e. The molecular formula is C14H44O4. The number of ether oxygens (including phenoxy) is 1. The van der Waals surface area contributed by atoms with Crippen molar-refractivity contribution in [3.63, 3.8) is 0 Å². The van der Waals surface area contributed by atoms with Crippen LogP contribution >= 0.6 is 0 Å². The first-order valence-corrected chi connectivity index (χ1v) is 2.42. The quantitative estimate of drug-likeness (QED) is 0.438. The van der Waals surface area contributed by atoms with Crippen LogP contribution in [0, 0.1) is 0 Å². The summed E-state index contributed by atoms with van der Waals surface area (Å²) in [4.78, 5) is 20.4. The van der Waals surface area contributed by atoms with Crippen LogP contribution < -0.4 is 0 Å². The van der Waals surface area contributed by atoms with Gasteiger partial charge in [0.25, 0.3) is 0 Å². The minimum Gasteiger partial charge on any atom is -0.438 e. The van der Waals surface area contributed by atoms with Crippen molar-refractivity contribution in [1.29, 1.82) is 0 Å². The Morgan fingerprint density at radius 1 is 0.833 bits per heavy atom. The lowest BCUT2D eigenvalue weighted by molar-refractivity contribution is -0.153. The van der Waals surface area contributed by atoms with Crippen LogP contribution in [-0.4, -0.2) is 23.7 Å². The summed E-state index contributed by atoms with van der Waals surface area (Å²) in [5.74, 6) is -0.960. The number of rotatable bonds is 3. The molecule has 0 fully saturated rings. The van der Waals surface area contributed by atoms with E-state index in [0.717, 1.165) is 0 Å². The molecule has 4 nitrogen and oxygen atoms in total. The Balaban J connectivity index is -0.00000000889. The van der Waals surface area contributed by atoms with E-state index in [-0.39, 0.29) is 79.0 Å². The number of carbonyl (C=O) groups excluding carboxylic acids is 2. The molecule has 0 atom stereocenters. The third-order valence-electron chi connectivity index (χ3n) is 0.619. The van der Waals surface area contributed by atoms with Gasteiger partial charge in [-0.3, -0.25) is 9.59 Å². The Morgan fingerprint density at radius 3 is 1.28 bits per heavy atom. The van der Waals surface area contributed by atoms with Crippen molar-refractivity contribution < 1.29 is 19.4 Å². The summed E-state index contributed by atoms with van der Waals surface area (Å²) in [7, 11) is 0. The molecule has 0 saturated heterocycles. The van der Waals surface area contributed by atoms with Gasteiger partial charge in [-0.15, -0.1) is 0 Å². The molecule has 1 N–H and O–H groups in total. The fourth-order valence-electron chi connectivity index (χ4n) is 0.326. The Kier molecular flexibility index (Phi) is 273. The fraction of sp³-hybridized carbons (Fsp3) is 0.857. The van der Waals surface area contributed by atoms with Gasteiger partial charge in [0.2, 0.25) is 0 Å². The van der Waals surface area contributed by atoms with Crippen LogP contribution in [0.3, 0.4) is 0 Å². The van der Waals surface area contributed by atoms with Crippen LogP contribution in [0.5, 0.6) is 0 Å². The van der Waals surface area contributed by atoms with E-state index in [1.807, 2.05) is 0 Å². The molecule has 0 bridgehead atoms. The highest BCUT2D eigenvalue weighted by molar-refractivity contribution is 5.94. The van der Waals surface area contributed by atoms with E-state index in [1.54, 1.807) is 0 Å². The molecule has 0 unspecified atom stereocenters. The van der Waals surface area contributed by atoms with Gasteiger partial charge in [0.05, 0.1) is 0 Å². The van der Waals surface area contributed by atoms with Crippen LogP contribution in [0.25, 0.3) is 0 Å². The number of hydrogen-bond acceptors (Lipinski definition) is 4. The number of carbonyl (C=O) groups is 2. The standard InChI is InChI=1S/C5H8O4.9CH4/c1-4(7)2-5(8)9-3-6;;;;;;;;;/h6H,2-3H2,1H3;9*1H4. The Labute approximate surface area is 119 Å². The topological polar surface area (TPSA) is 63.6 Å². The first-order chi connectivity index (χ1) is 4.16. The highest BCUT2D eigenvalue weighted by Crippen LogP contribution is 1.85. The molecule has 0 aromatic rings. The summed E-state index contributed by atoms with van der Waals surface area (Å²) in [6, 6.07) is 0. The second kappa shape index (κ2) is 56.0. The van der Waals surface area contributed by atoms with Gasteiger partial charge in [-0.1, -0.05) is 66.8 Å². The lowest BCUT2D eigenvalue weighted by Crippen LogP contribution is -2.08. The van der Waals surface area contributed by atoms with Gasteiger partial charge in [0.15, 0.2) is 6.79 Å². The third-order valence-corrected chi connectivity index (χ3v) is 0.619. The van der Waals surface area contributed by atoms with Gasteiger partial charge >= 0.3 is 5.97 Å². The molecule has 0 aliphatic heterocycles. The van der Waals surface area contributed by atoms with Gasteiger partial charge in [-0.25, -0.2) is 0 Å². The van der Waals surface area contributed by atoms with E-state index < -0.39 is 12.8 Å². The Hall–Kier alpha value is -0.900. The SMILES string of the molecule is C.C.C.C.C.C.C.C.C.CC(=O)CC(=O)OCO. The maximum Gasteiger partial charge on any atom is 0.315 e. The lowest BCUT2D eigenvalue weighted by atomic mass is 10.3. The molecule has 0 amide bonds. The van der Waals surface area contributed by atoms with E-state index in [0.29, 0.717) is 0 Å². The second-order valence-electron chi connectivity index (χ2n) is 1.52. The zero-order valence-electron chi connectivity index (χ0n) is 5.09. The maximum atomic E-state index is 10.3. The Morgan fingerprint density at radius 2 is 1.11 bits per heavy atom. The number of aliphatic hydroxyl groups excluding tert-OH is 1. The average Bonchev–Trinajstić information content (AvgIpc) is 1.63. The van der Waals surface area contributed by atoms with Gasteiger partial charge in [0.1, 0.15) is 12.2 Å². The van der Waals surface area contributed by atoms with Crippen LogP contribution in [-0.2, 0) is 14.3 Å². The number of ketones is 1.